The molecule has 0 saturated heterocycles. The highest BCUT2D eigenvalue weighted by Crippen LogP contribution is 2.32. The summed E-state index contributed by atoms with van der Waals surface area (Å²) >= 11 is 3.14. The number of anilines is 1. The second-order valence-electron chi connectivity index (χ2n) is 2.76. The third kappa shape index (κ3) is 2.65. The summed E-state index contributed by atoms with van der Waals surface area (Å²) in [5.74, 6) is 5.26. The summed E-state index contributed by atoms with van der Waals surface area (Å²) in [6.45, 7) is 0. The molecule has 2 aromatic rings. The second-order valence-corrected chi connectivity index (χ2v) is 4.58. The number of benzene rings is 1. The Morgan fingerprint density at radius 3 is 2.69 bits per heavy atom. The van der Waals surface area contributed by atoms with Crippen LogP contribution >= 0.6 is 35.5 Å². The van der Waals surface area contributed by atoms with E-state index in [1.807, 2.05) is 24.5 Å². The Kier molecular flexibility index (Phi) is 5.01. The van der Waals surface area contributed by atoms with Gasteiger partial charge in [0.15, 0.2) is 5.01 Å². The van der Waals surface area contributed by atoms with E-state index in [1.54, 1.807) is 11.8 Å². The summed E-state index contributed by atoms with van der Waals surface area (Å²) in [6, 6.07) is 8.11. The van der Waals surface area contributed by atoms with Gasteiger partial charge in [0.1, 0.15) is 0 Å². The van der Waals surface area contributed by atoms with Crippen LogP contribution < -0.4 is 11.3 Å². The van der Waals surface area contributed by atoms with Gasteiger partial charge in [-0.15, -0.1) is 34.4 Å². The molecule has 1 heterocycles. The van der Waals surface area contributed by atoms with Gasteiger partial charge >= 0.3 is 0 Å². The lowest BCUT2D eigenvalue weighted by Gasteiger charge is -2.01. The van der Waals surface area contributed by atoms with E-state index in [-0.39, 0.29) is 12.4 Å². The largest absolute Gasteiger partial charge is 0.298 e. The normalized spacial score (nSPS) is 9.62. The number of nitrogen functional groups attached to an aromatic ring is 1. The van der Waals surface area contributed by atoms with E-state index in [1.165, 1.54) is 16.2 Å². The molecule has 7 heteroatoms. The predicted molar refractivity (Wildman–Crippen MR) is 72.2 cm³/mol. The lowest BCUT2D eigenvalue weighted by atomic mass is 10.2. The van der Waals surface area contributed by atoms with Crippen molar-refractivity contribution in [1.29, 1.82) is 0 Å². The highest BCUT2D eigenvalue weighted by atomic mass is 35.5. The van der Waals surface area contributed by atoms with Crippen molar-refractivity contribution in [2.24, 2.45) is 5.84 Å². The zero-order chi connectivity index (χ0) is 10.7. The zero-order valence-electron chi connectivity index (χ0n) is 8.51. The number of hydrogen-bond donors (Lipinski definition) is 2. The Hall–Kier alpha value is -0.820. The van der Waals surface area contributed by atoms with Crippen molar-refractivity contribution >= 4 is 40.6 Å². The maximum Gasteiger partial charge on any atom is 0.220 e. The van der Waals surface area contributed by atoms with Gasteiger partial charge in [-0.3, -0.25) is 5.43 Å². The second kappa shape index (κ2) is 6.05. The van der Waals surface area contributed by atoms with Crippen LogP contribution in [0, 0.1) is 0 Å². The third-order valence-corrected chi connectivity index (χ3v) is 3.57. The molecule has 0 aliphatic carbocycles. The molecule has 1 aromatic carbocycles. The summed E-state index contributed by atoms with van der Waals surface area (Å²) in [7, 11) is 0. The van der Waals surface area contributed by atoms with Crippen molar-refractivity contribution in [3.63, 3.8) is 0 Å². The molecule has 0 fully saturated rings. The number of thioether (sulfide) groups is 1. The Bertz CT molecular complexity index is 460. The zero-order valence-corrected chi connectivity index (χ0v) is 11.0. The van der Waals surface area contributed by atoms with Crippen molar-refractivity contribution in [2.45, 2.75) is 4.90 Å². The van der Waals surface area contributed by atoms with Gasteiger partial charge in [0.2, 0.25) is 5.13 Å². The fourth-order valence-corrected chi connectivity index (χ4v) is 2.57. The highest BCUT2D eigenvalue weighted by Gasteiger charge is 2.09. The number of aromatic nitrogens is 2. The molecule has 0 aliphatic heterocycles. The standard InChI is InChI=1S/C9H10N4S2.ClH/c1-14-7-5-3-2-4-6(7)8-12-13-9(11-10)15-8;/h2-5H,10H2,1H3,(H,11,13);1H. The molecule has 0 atom stereocenters. The van der Waals surface area contributed by atoms with Crippen molar-refractivity contribution in [2.75, 3.05) is 11.7 Å². The van der Waals surface area contributed by atoms with E-state index in [0.717, 1.165) is 10.6 Å². The van der Waals surface area contributed by atoms with E-state index in [4.69, 9.17) is 5.84 Å². The lowest BCUT2D eigenvalue weighted by Crippen LogP contribution is -2.05. The molecular formula is C9H11ClN4S2. The van der Waals surface area contributed by atoms with Crippen LogP contribution in [0.3, 0.4) is 0 Å². The predicted octanol–water partition coefficient (Wildman–Crippen LogP) is 2.63. The maximum atomic E-state index is 5.26. The Morgan fingerprint density at radius 2 is 2.06 bits per heavy atom. The van der Waals surface area contributed by atoms with Crippen LogP contribution in [-0.2, 0) is 0 Å². The minimum Gasteiger partial charge on any atom is -0.298 e. The van der Waals surface area contributed by atoms with E-state index >= 15 is 0 Å². The number of hydrazine groups is 1. The Balaban J connectivity index is 0.00000128. The first-order valence-electron chi connectivity index (χ1n) is 4.28. The summed E-state index contributed by atoms with van der Waals surface area (Å²) in [5.41, 5.74) is 3.59. The topological polar surface area (TPSA) is 63.8 Å². The van der Waals surface area contributed by atoms with Gasteiger partial charge in [0, 0.05) is 10.5 Å². The van der Waals surface area contributed by atoms with E-state index < -0.39 is 0 Å². The number of hydrogen-bond acceptors (Lipinski definition) is 6. The average Bonchev–Trinajstić information content (AvgIpc) is 2.77. The molecule has 0 spiro atoms. The first-order chi connectivity index (χ1) is 7.35. The van der Waals surface area contributed by atoms with Gasteiger partial charge in [-0.2, -0.15) is 0 Å². The molecule has 0 bridgehead atoms. The first-order valence-corrected chi connectivity index (χ1v) is 6.33. The molecule has 86 valence electrons. The van der Waals surface area contributed by atoms with Crippen molar-refractivity contribution < 1.29 is 0 Å². The minimum atomic E-state index is 0. The highest BCUT2D eigenvalue weighted by molar-refractivity contribution is 7.98. The Morgan fingerprint density at radius 1 is 1.31 bits per heavy atom. The van der Waals surface area contributed by atoms with Gasteiger partial charge in [0.25, 0.3) is 0 Å². The van der Waals surface area contributed by atoms with Gasteiger partial charge in [-0.1, -0.05) is 29.5 Å². The van der Waals surface area contributed by atoms with Gasteiger partial charge in [-0.05, 0) is 12.3 Å². The van der Waals surface area contributed by atoms with E-state index in [2.05, 4.69) is 21.7 Å². The monoisotopic (exact) mass is 274 g/mol. The molecule has 4 nitrogen and oxygen atoms in total. The molecule has 2 rings (SSSR count). The van der Waals surface area contributed by atoms with E-state index in [9.17, 15) is 0 Å². The molecule has 0 aliphatic rings. The fourth-order valence-electron chi connectivity index (χ4n) is 1.21. The number of nitrogens with zero attached hydrogens (tertiary/aromatic N) is 2. The summed E-state index contributed by atoms with van der Waals surface area (Å²) in [5, 5.41) is 9.50. The van der Waals surface area contributed by atoms with Gasteiger partial charge < -0.3 is 0 Å². The summed E-state index contributed by atoms with van der Waals surface area (Å²) in [6.07, 6.45) is 2.04. The molecule has 0 unspecified atom stereocenters. The lowest BCUT2D eigenvalue weighted by molar-refractivity contribution is 1.08. The third-order valence-electron chi connectivity index (χ3n) is 1.89. The first kappa shape index (κ1) is 13.2. The molecule has 16 heavy (non-hydrogen) atoms. The van der Waals surface area contributed by atoms with Crippen LogP contribution in [-0.4, -0.2) is 16.5 Å². The average molecular weight is 275 g/mol. The minimum absolute atomic E-state index is 0. The molecule has 0 radical (unpaired) electrons. The van der Waals surface area contributed by atoms with Crippen LogP contribution in [0.15, 0.2) is 29.2 Å². The molecular weight excluding hydrogens is 264 g/mol. The van der Waals surface area contributed by atoms with Crippen LogP contribution in [0.1, 0.15) is 0 Å². The fraction of sp³-hybridized carbons (Fsp3) is 0.111. The quantitative estimate of drug-likeness (QED) is 0.512. The van der Waals surface area contributed by atoms with E-state index in [0.29, 0.717) is 5.13 Å². The number of halogens is 1. The van der Waals surface area contributed by atoms with Crippen molar-refractivity contribution in [3.05, 3.63) is 24.3 Å². The maximum absolute atomic E-state index is 5.26. The Labute approximate surface area is 108 Å². The molecule has 0 amide bonds. The SMILES string of the molecule is CSc1ccccc1-c1nnc(NN)s1.Cl. The van der Waals surface area contributed by atoms with Crippen molar-refractivity contribution in [1.82, 2.24) is 10.2 Å². The summed E-state index contributed by atoms with van der Waals surface area (Å²) < 4.78 is 0. The smallest absolute Gasteiger partial charge is 0.220 e. The molecule has 0 saturated carbocycles. The van der Waals surface area contributed by atoms with Gasteiger partial charge in [0.05, 0.1) is 0 Å². The van der Waals surface area contributed by atoms with Gasteiger partial charge in [-0.25, -0.2) is 5.84 Å². The van der Waals surface area contributed by atoms with Crippen LogP contribution in [0.4, 0.5) is 5.13 Å². The van der Waals surface area contributed by atoms with Crippen LogP contribution in [0.2, 0.25) is 0 Å². The van der Waals surface area contributed by atoms with Crippen molar-refractivity contribution in [3.8, 4) is 10.6 Å². The summed E-state index contributed by atoms with van der Waals surface area (Å²) in [4.78, 5) is 1.19. The van der Waals surface area contributed by atoms with Crippen LogP contribution in [0.5, 0.6) is 0 Å². The number of rotatable bonds is 3. The molecule has 3 N–H and O–H groups in total. The molecule has 1 aromatic heterocycles. The number of nitrogens with one attached hydrogen (secondary N) is 1. The number of nitrogens with two attached hydrogens (primary N) is 1. The van der Waals surface area contributed by atoms with Crippen LogP contribution in [0.25, 0.3) is 10.6 Å².